The molecule has 0 spiro atoms. The van der Waals surface area contributed by atoms with Crippen molar-refractivity contribution < 1.29 is 0 Å². The van der Waals surface area contributed by atoms with E-state index in [9.17, 15) is 0 Å². The van der Waals surface area contributed by atoms with Crippen LogP contribution in [0.2, 0.25) is 0 Å². The molecule has 0 aliphatic heterocycles. The predicted molar refractivity (Wildman–Crippen MR) is 88.6 cm³/mol. The van der Waals surface area contributed by atoms with E-state index in [0.717, 1.165) is 34.3 Å². The third-order valence-corrected chi connectivity index (χ3v) is 4.53. The largest absolute Gasteiger partial charge is 0.326 e. The highest BCUT2D eigenvalue weighted by atomic mass is 35.5. The van der Waals surface area contributed by atoms with Crippen LogP contribution in [0.1, 0.15) is 26.6 Å². The quantitative estimate of drug-likeness (QED) is 0.659. The van der Waals surface area contributed by atoms with Gasteiger partial charge in [0.05, 0.1) is 23.1 Å². The van der Waals surface area contributed by atoms with E-state index in [1.54, 1.807) is 0 Å². The normalized spacial score (nSPS) is 13.4. The summed E-state index contributed by atoms with van der Waals surface area (Å²) in [5.41, 5.74) is 3.09. The van der Waals surface area contributed by atoms with Gasteiger partial charge in [0, 0.05) is 11.9 Å². The summed E-state index contributed by atoms with van der Waals surface area (Å²) in [5, 5.41) is 1.15. The lowest BCUT2D eigenvalue weighted by molar-refractivity contribution is 0.366. The van der Waals surface area contributed by atoms with E-state index in [1.807, 2.05) is 24.4 Å². The van der Waals surface area contributed by atoms with Gasteiger partial charge in [-0.3, -0.25) is 4.98 Å². The molecule has 0 N–H and O–H groups in total. The van der Waals surface area contributed by atoms with E-state index in [0.29, 0.717) is 17.7 Å². The summed E-state index contributed by atoms with van der Waals surface area (Å²) >= 11 is 6.11. The zero-order chi connectivity index (χ0) is 15.0. The second kappa shape index (κ2) is 5.64. The Kier molecular flexibility index (Phi) is 3.85. The summed E-state index contributed by atoms with van der Waals surface area (Å²) in [5.74, 6) is 2.54. The number of hydrogen-bond acceptors (Lipinski definition) is 2. The number of imidazole rings is 1. The molecule has 1 unspecified atom stereocenters. The topological polar surface area (TPSA) is 30.7 Å². The molecule has 2 aromatic heterocycles. The number of benzene rings is 1. The van der Waals surface area contributed by atoms with Gasteiger partial charge >= 0.3 is 0 Å². The average Bonchev–Trinajstić information content (AvgIpc) is 2.85. The van der Waals surface area contributed by atoms with Gasteiger partial charge in [-0.15, -0.1) is 11.6 Å². The number of aromatic nitrogens is 3. The van der Waals surface area contributed by atoms with E-state index in [-0.39, 0.29) is 0 Å². The zero-order valence-corrected chi connectivity index (χ0v) is 13.4. The molecule has 21 heavy (non-hydrogen) atoms. The third kappa shape index (κ3) is 2.51. The number of alkyl halides is 1. The number of pyridine rings is 1. The van der Waals surface area contributed by atoms with Gasteiger partial charge in [0.1, 0.15) is 11.3 Å². The Morgan fingerprint density at radius 1 is 1.14 bits per heavy atom. The van der Waals surface area contributed by atoms with Crippen LogP contribution >= 0.6 is 11.6 Å². The van der Waals surface area contributed by atoms with Gasteiger partial charge in [-0.25, -0.2) is 4.98 Å². The van der Waals surface area contributed by atoms with E-state index >= 15 is 0 Å². The molecule has 0 aliphatic rings. The minimum atomic E-state index is 0.424. The molecule has 1 atom stereocenters. The Morgan fingerprint density at radius 3 is 2.62 bits per heavy atom. The molecule has 3 rings (SSSR count). The van der Waals surface area contributed by atoms with Crippen LogP contribution in [0.15, 0.2) is 30.5 Å². The molecule has 0 aliphatic carbocycles. The molecular formula is C17H20ClN3. The molecule has 2 heterocycles. The molecule has 0 amide bonds. The van der Waals surface area contributed by atoms with Crippen molar-refractivity contribution in [1.82, 2.24) is 14.5 Å². The summed E-state index contributed by atoms with van der Waals surface area (Å²) in [7, 11) is 0. The maximum absolute atomic E-state index is 6.11. The van der Waals surface area contributed by atoms with E-state index in [4.69, 9.17) is 11.6 Å². The third-order valence-electron chi connectivity index (χ3n) is 4.29. The summed E-state index contributed by atoms with van der Waals surface area (Å²) < 4.78 is 2.27. The van der Waals surface area contributed by atoms with E-state index in [1.165, 1.54) is 0 Å². The van der Waals surface area contributed by atoms with Crippen LogP contribution in [0.4, 0.5) is 0 Å². The van der Waals surface area contributed by atoms with Crippen molar-refractivity contribution in [3.05, 3.63) is 36.3 Å². The van der Waals surface area contributed by atoms with Crippen LogP contribution in [-0.4, -0.2) is 14.5 Å². The van der Waals surface area contributed by atoms with Crippen molar-refractivity contribution >= 4 is 33.5 Å². The SMILES string of the molecule is CC(C)C(C)Cn1c(CCl)nc2cnc3ccccc3c21. The first kappa shape index (κ1) is 14.3. The highest BCUT2D eigenvalue weighted by Crippen LogP contribution is 2.27. The van der Waals surface area contributed by atoms with Crippen molar-refractivity contribution in [2.45, 2.75) is 33.2 Å². The fraction of sp³-hybridized carbons (Fsp3) is 0.412. The Morgan fingerprint density at radius 2 is 1.90 bits per heavy atom. The zero-order valence-electron chi connectivity index (χ0n) is 12.7. The van der Waals surface area contributed by atoms with Crippen LogP contribution in [0.25, 0.3) is 21.9 Å². The lowest BCUT2D eigenvalue weighted by atomic mass is 9.98. The first-order valence-electron chi connectivity index (χ1n) is 7.40. The Bertz CT molecular complexity index is 776. The van der Waals surface area contributed by atoms with Gasteiger partial charge in [0.25, 0.3) is 0 Å². The molecule has 0 saturated carbocycles. The molecule has 0 radical (unpaired) electrons. The van der Waals surface area contributed by atoms with Crippen LogP contribution in [0, 0.1) is 11.8 Å². The van der Waals surface area contributed by atoms with Crippen molar-refractivity contribution in [1.29, 1.82) is 0 Å². The molecule has 3 aromatic rings. The standard InChI is InChI=1S/C17H20ClN3/c1-11(2)12(3)10-21-16(8-18)20-15-9-19-14-7-5-4-6-13(14)17(15)21/h4-7,9,11-12H,8,10H2,1-3H3. The van der Waals surface area contributed by atoms with Gasteiger partial charge in [-0.05, 0) is 17.9 Å². The Hall–Kier alpha value is -1.61. The maximum Gasteiger partial charge on any atom is 0.124 e. The lowest BCUT2D eigenvalue weighted by Crippen LogP contribution is -2.14. The fourth-order valence-corrected chi connectivity index (χ4v) is 2.81. The second-order valence-corrected chi connectivity index (χ2v) is 6.27. The molecule has 0 bridgehead atoms. The van der Waals surface area contributed by atoms with Gasteiger partial charge in [-0.1, -0.05) is 39.0 Å². The molecule has 110 valence electrons. The molecule has 0 fully saturated rings. The van der Waals surface area contributed by atoms with Gasteiger partial charge in [0.2, 0.25) is 0 Å². The molecule has 1 aromatic carbocycles. The van der Waals surface area contributed by atoms with E-state index < -0.39 is 0 Å². The summed E-state index contributed by atoms with van der Waals surface area (Å²) in [4.78, 5) is 9.16. The summed E-state index contributed by atoms with van der Waals surface area (Å²) in [6.07, 6.45) is 1.85. The summed E-state index contributed by atoms with van der Waals surface area (Å²) in [6.45, 7) is 7.72. The monoisotopic (exact) mass is 301 g/mol. The maximum atomic E-state index is 6.11. The molecule has 4 heteroatoms. The number of para-hydroxylation sites is 1. The fourth-order valence-electron chi connectivity index (χ4n) is 2.61. The summed E-state index contributed by atoms with van der Waals surface area (Å²) in [6, 6.07) is 8.22. The molecule has 3 nitrogen and oxygen atoms in total. The second-order valence-electron chi connectivity index (χ2n) is 6.00. The average molecular weight is 302 g/mol. The van der Waals surface area contributed by atoms with Crippen molar-refractivity contribution in [2.24, 2.45) is 11.8 Å². The molecule has 0 saturated heterocycles. The van der Waals surface area contributed by atoms with Gasteiger partial charge in [-0.2, -0.15) is 0 Å². The number of nitrogens with zero attached hydrogens (tertiary/aromatic N) is 3. The number of rotatable bonds is 4. The highest BCUT2D eigenvalue weighted by molar-refractivity contribution is 6.17. The highest BCUT2D eigenvalue weighted by Gasteiger charge is 2.17. The van der Waals surface area contributed by atoms with Crippen LogP contribution in [0.3, 0.4) is 0 Å². The Labute approximate surface area is 130 Å². The van der Waals surface area contributed by atoms with Crippen LogP contribution < -0.4 is 0 Å². The van der Waals surface area contributed by atoms with Crippen molar-refractivity contribution in [2.75, 3.05) is 0 Å². The van der Waals surface area contributed by atoms with Crippen LogP contribution in [-0.2, 0) is 12.4 Å². The minimum Gasteiger partial charge on any atom is -0.326 e. The molecular weight excluding hydrogens is 282 g/mol. The minimum absolute atomic E-state index is 0.424. The number of halogens is 1. The predicted octanol–water partition coefficient (Wildman–Crippen LogP) is 4.62. The number of hydrogen-bond donors (Lipinski definition) is 0. The van der Waals surface area contributed by atoms with Crippen LogP contribution in [0.5, 0.6) is 0 Å². The van der Waals surface area contributed by atoms with E-state index in [2.05, 4.69) is 41.4 Å². The first-order valence-corrected chi connectivity index (χ1v) is 7.94. The van der Waals surface area contributed by atoms with Gasteiger partial charge < -0.3 is 4.57 Å². The van der Waals surface area contributed by atoms with Crippen molar-refractivity contribution in [3.8, 4) is 0 Å². The first-order chi connectivity index (χ1) is 10.1. The van der Waals surface area contributed by atoms with Gasteiger partial charge in [0.15, 0.2) is 0 Å². The van der Waals surface area contributed by atoms with Crippen molar-refractivity contribution in [3.63, 3.8) is 0 Å². The lowest BCUT2D eigenvalue weighted by Gasteiger charge is -2.18. The Balaban J connectivity index is 2.26. The number of fused-ring (bicyclic) bond motifs is 3. The smallest absolute Gasteiger partial charge is 0.124 e.